The van der Waals surface area contributed by atoms with Gasteiger partial charge in [-0.1, -0.05) is 32.6 Å². The van der Waals surface area contributed by atoms with Gasteiger partial charge in [0.15, 0.2) is 0 Å². The van der Waals surface area contributed by atoms with E-state index in [1.165, 1.54) is 32.1 Å². The van der Waals surface area contributed by atoms with Gasteiger partial charge in [-0.3, -0.25) is 4.79 Å². The lowest BCUT2D eigenvalue weighted by Gasteiger charge is -2.30. The van der Waals surface area contributed by atoms with Crippen LogP contribution < -0.4 is 10.6 Å². The van der Waals surface area contributed by atoms with Crippen LogP contribution in [0.3, 0.4) is 0 Å². The summed E-state index contributed by atoms with van der Waals surface area (Å²) in [5.74, 6) is 1.97. The third kappa shape index (κ3) is 3.98. The van der Waals surface area contributed by atoms with E-state index < -0.39 is 0 Å². The van der Waals surface area contributed by atoms with Crippen LogP contribution in [0.1, 0.15) is 51.9 Å². The van der Waals surface area contributed by atoms with Crippen molar-refractivity contribution < 1.29 is 4.79 Å². The molecule has 2 aliphatic rings. The molecule has 0 spiro atoms. The minimum atomic E-state index is 0.296. The Morgan fingerprint density at radius 2 is 1.89 bits per heavy atom. The van der Waals surface area contributed by atoms with Gasteiger partial charge in [-0.15, -0.1) is 0 Å². The highest BCUT2D eigenvalue weighted by molar-refractivity contribution is 5.78. The maximum atomic E-state index is 12.2. The Bertz CT molecular complexity index is 259. The molecule has 2 N–H and O–H groups in total. The summed E-state index contributed by atoms with van der Waals surface area (Å²) in [5, 5.41) is 6.62. The number of rotatable bonds is 3. The van der Waals surface area contributed by atoms with Crippen LogP contribution in [0, 0.1) is 17.8 Å². The fraction of sp³-hybridized carbons (Fsp3) is 0.933. The minimum absolute atomic E-state index is 0.296. The van der Waals surface area contributed by atoms with Gasteiger partial charge >= 0.3 is 0 Å². The molecule has 0 aromatic rings. The third-order valence-electron chi connectivity index (χ3n) is 4.73. The monoisotopic (exact) mass is 252 g/mol. The Kier molecular flexibility index (Phi) is 5.48. The van der Waals surface area contributed by atoms with Crippen molar-refractivity contribution >= 4 is 5.91 Å². The zero-order chi connectivity index (χ0) is 12.8. The summed E-state index contributed by atoms with van der Waals surface area (Å²) < 4.78 is 0. The average molecular weight is 252 g/mol. The molecule has 0 radical (unpaired) electrons. The number of hydrogen-bond donors (Lipinski definition) is 2. The van der Waals surface area contributed by atoms with Crippen LogP contribution in [0.2, 0.25) is 0 Å². The second kappa shape index (κ2) is 7.13. The molecule has 2 fully saturated rings. The minimum Gasteiger partial charge on any atom is -0.356 e. The van der Waals surface area contributed by atoms with Gasteiger partial charge in [-0.25, -0.2) is 0 Å². The predicted octanol–water partition coefficient (Wildman–Crippen LogP) is 2.32. The van der Waals surface area contributed by atoms with Crippen LogP contribution in [-0.2, 0) is 4.79 Å². The lowest BCUT2D eigenvalue weighted by molar-refractivity contribution is -0.125. The normalized spacial score (nSPS) is 30.7. The van der Waals surface area contributed by atoms with E-state index >= 15 is 0 Å². The molecule has 3 nitrogen and oxygen atoms in total. The smallest absolute Gasteiger partial charge is 0.223 e. The molecule has 1 aliphatic heterocycles. The second-order valence-electron chi connectivity index (χ2n) is 6.16. The predicted molar refractivity (Wildman–Crippen MR) is 74.3 cm³/mol. The third-order valence-corrected chi connectivity index (χ3v) is 4.73. The van der Waals surface area contributed by atoms with Gasteiger partial charge in [-0.2, -0.15) is 0 Å². The van der Waals surface area contributed by atoms with Crippen molar-refractivity contribution in [2.24, 2.45) is 17.8 Å². The van der Waals surface area contributed by atoms with Crippen molar-refractivity contribution in [3.8, 4) is 0 Å². The Morgan fingerprint density at radius 3 is 2.56 bits per heavy atom. The van der Waals surface area contributed by atoms with Crippen molar-refractivity contribution in [3.63, 3.8) is 0 Å². The van der Waals surface area contributed by atoms with E-state index in [-0.39, 0.29) is 0 Å². The highest BCUT2D eigenvalue weighted by atomic mass is 16.1. The number of piperidine rings is 1. The number of hydrogen-bond acceptors (Lipinski definition) is 2. The van der Waals surface area contributed by atoms with Gasteiger partial charge in [0.1, 0.15) is 0 Å². The van der Waals surface area contributed by atoms with Gasteiger partial charge in [0.25, 0.3) is 0 Å². The van der Waals surface area contributed by atoms with Crippen molar-refractivity contribution in [1.82, 2.24) is 10.6 Å². The molecule has 3 heteroatoms. The van der Waals surface area contributed by atoms with Crippen LogP contribution in [0.5, 0.6) is 0 Å². The molecule has 2 atom stereocenters. The second-order valence-corrected chi connectivity index (χ2v) is 6.16. The fourth-order valence-electron chi connectivity index (χ4n) is 3.29. The highest BCUT2D eigenvalue weighted by Gasteiger charge is 2.24. The molecular weight excluding hydrogens is 224 g/mol. The zero-order valence-electron chi connectivity index (χ0n) is 11.7. The van der Waals surface area contributed by atoms with Crippen LogP contribution >= 0.6 is 0 Å². The van der Waals surface area contributed by atoms with Crippen molar-refractivity contribution in [2.75, 3.05) is 19.6 Å². The Morgan fingerprint density at radius 1 is 1.17 bits per heavy atom. The van der Waals surface area contributed by atoms with Gasteiger partial charge in [0.05, 0.1) is 0 Å². The first kappa shape index (κ1) is 13.9. The van der Waals surface area contributed by atoms with E-state index in [1.54, 1.807) is 0 Å². The molecule has 104 valence electrons. The molecule has 0 aromatic carbocycles. The van der Waals surface area contributed by atoms with Gasteiger partial charge < -0.3 is 10.6 Å². The highest BCUT2D eigenvalue weighted by Crippen LogP contribution is 2.23. The molecule has 1 saturated heterocycles. The molecule has 1 heterocycles. The van der Waals surface area contributed by atoms with Crippen LogP contribution in [0.15, 0.2) is 0 Å². The van der Waals surface area contributed by atoms with E-state index in [9.17, 15) is 4.79 Å². The molecule has 1 saturated carbocycles. The lowest BCUT2D eigenvalue weighted by Crippen LogP contribution is -2.42. The Hall–Kier alpha value is -0.570. The molecule has 1 aliphatic carbocycles. The zero-order valence-corrected chi connectivity index (χ0v) is 11.7. The molecule has 1 amide bonds. The molecular formula is C15H28N2O. The number of carbonyl (C=O) groups is 1. The maximum Gasteiger partial charge on any atom is 0.223 e. The summed E-state index contributed by atoms with van der Waals surface area (Å²) in [6.07, 6.45) is 8.52. The molecule has 2 rings (SSSR count). The summed E-state index contributed by atoms with van der Waals surface area (Å²) in [4.78, 5) is 12.2. The van der Waals surface area contributed by atoms with E-state index in [1.807, 2.05) is 0 Å². The molecule has 0 aromatic heterocycles. The van der Waals surface area contributed by atoms with Gasteiger partial charge in [0, 0.05) is 12.5 Å². The summed E-state index contributed by atoms with van der Waals surface area (Å²) >= 11 is 0. The van der Waals surface area contributed by atoms with Crippen molar-refractivity contribution in [3.05, 3.63) is 0 Å². The van der Waals surface area contributed by atoms with E-state index in [4.69, 9.17) is 0 Å². The molecule has 18 heavy (non-hydrogen) atoms. The average Bonchev–Trinajstić information content (AvgIpc) is 2.66. The van der Waals surface area contributed by atoms with Crippen LogP contribution in [0.4, 0.5) is 0 Å². The lowest BCUT2D eigenvalue weighted by atomic mass is 9.87. The largest absolute Gasteiger partial charge is 0.356 e. The fourth-order valence-corrected chi connectivity index (χ4v) is 3.29. The van der Waals surface area contributed by atoms with Crippen LogP contribution in [0.25, 0.3) is 0 Å². The first-order valence-electron chi connectivity index (χ1n) is 7.76. The van der Waals surface area contributed by atoms with E-state index in [0.29, 0.717) is 23.7 Å². The standard InChI is InChI=1S/C15H28N2O/c1-12-10-16-9-8-14(12)11-17-15(18)13-6-4-2-3-5-7-13/h12-14,16H,2-11H2,1H3,(H,17,18). The summed E-state index contributed by atoms with van der Waals surface area (Å²) in [5.41, 5.74) is 0. The van der Waals surface area contributed by atoms with Crippen molar-refractivity contribution in [1.29, 1.82) is 0 Å². The first-order chi connectivity index (χ1) is 8.77. The Labute approximate surface area is 111 Å². The van der Waals surface area contributed by atoms with Crippen LogP contribution in [-0.4, -0.2) is 25.5 Å². The molecule has 0 bridgehead atoms. The Balaban J connectivity index is 1.72. The number of nitrogens with one attached hydrogen (secondary N) is 2. The topological polar surface area (TPSA) is 41.1 Å². The van der Waals surface area contributed by atoms with Gasteiger partial charge in [-0.05, 0) is 44.2 Å². The summed E-state index contributed by atoms with van der Waals surface area (Å²) in [6, 6.07) is 0. The van der Waals surface area contributed by atoms with Crippen molar-refractivity contribution in [2.45, 2.75) is 51.9 Å². The summed E-state index contributed by atoms with van der Waals surface area (Å²) in [6.45, 7) is 5.38. The number of amides is 1. The van der Waals surface area contributed by atoms with E-state index in [0.717, 1.165) is 32.5 Å². The number of carbonyl (C=O) groups excluding carboxylic acids is 1. The summed E-state index contributed by atoms with van der Waals surface area (Å²) in [7, 11) is 0. The van der Waals surface area contributed by atoms with E-state index in [2.05, 4.69) is 17.6 Å². The quantitative estimate of drug-likeness (QED) is 0.757. The SMILES string of the molecule is CC1CNCCC1CNC(=O)C1CCCCCC1. The van der Waals surface area contributed by atoms with Gasteiger partial charge in [0.2, 0.25) is 5.91 Å². The maximum absolute atomic E-state index is 12.2. The molecule has 2 unspecified atom stereocenters. The first-order valence-corrected chi connectivity index (χ1v) is 7.76.